The predicted molar refractivity (Wildman–Crippen MR) is 91.3 cm³/mol. The number of thiazole rings is 1. The Labute approximate surface area is 136 Å². The summed E-state index contributed by atoms with van der Waals surface area (Å²) in [6.07, 6.45) is 3.58. The number of hydrogen-bond acceptors (Lipinski definition) is 5. The van der Waals surface area contributed by atoms with Gasteiger partial charge in [-0.15, -0.1) is 11.3 Å². The first-order valence-electron chi connectivity index (χ1n) is 6.92. The van der Waals surface area contributed by atoms with Crippen LogP contribution >= 0.6 is 33.9 Å². The molecule has 2 aromatic heterocycles. The van der Waals surface area contributed by atoms with Crippen LogP contribution in [-0.4, -0.2) is 21.5 Å². The first kappa shape index (κ1) is 14.2. The molecule has 1 N–H and O–H groups in total. The van der Waals surface area contributed by atoms with Crippen molar-refractivity contribution in [1.82, 2.24) is 15.0 Å². The number of aryl methyl sites for hydroxylation is 1. The average Bonchev–Trinajstić information content (AvgIpc) is 3.19. The number of rotatable bonds is 5. The molecule has 0 spiro atoms. The lowest BCUT2D eigenvalue weighted by molar-refractivity contribution is 0.937. The van der Waals surface area contributed by atoms with E-state index in [1.165, 1.54) is 22.1 Å². The molecular formula is C14H17IN4S. The highest BCUT2D eigenvalue weighted by Crippen LogP contribution is 2.43. The molecule has 0 bridgehead atoms. The molecular weight excluding hydrogens is 383 g/mol. The molecule has 1 aliphatic rings. The second-order valence-corrected chi connectivity index (χ2v) is 7.03. The van der Waals surface area contributed by atoms with Crippen LogP contribution in [0.5, 0.6) is 0 Å². The van der Waals surface area contributed by atoms with Crippen molar-refractivity contribution in [2.24, 2.45) is 0 Å². The molecule has 106 valence electrons. The molecule has 4 nitrogen and oxygen atoms in total. The number of nitrogens with zero attached hydrogens (tertiary/aromatic N) is 3. The lowest BCUT2D eigenvalue weighted by atomic mass is 10.2. The van der Waals surface area contributed by atoms with Gasteiger partial charge in [-0.2, -0.15) is 0 Å². The number of halogens is 1. The third kappa shape index (κ3) is 2.95. The van der Waals surface area contributed by atoms with Gasteiger partial charge in [0.15, 0.2) is 10.8 Å². The molecule has 1 aliphatic carbocycles. The molecule has 20 heavy (non-hydrogen) atoms. The molecule has 2 aromatic rings. The van der Waals surface area contributed by atoms with Crippen LogP contribution in [-0.2, 0) is 0 Å². The summed E-state index contributed by atoms with van der Waals surface area (Å²) >= 11 is 3.99. The standard InChI is InChI=1S/C14H17IN4S/c1-3-6-16-12-10(15)11(9-4-5-9)18-13(19-12)14-17-8(2)7-20-14/h7,9H,3-6H2,1-2H3,(H,16,18,19). The Morgan fingerprint density at radius 3 is 2.75 bits per heavy atom. The highest BCUT2D eigenvalue weighted by atomic mass is 127. The van der Waals surface area contributed by atoms with E-state index in [1.54, 1.807) is 11.3 Å². The van der Waals surface area contributed by atoms with Gasteiger partial charge >= 0.3 is 0 Å². The van der Waals surface area contributed by atoms with Gasteiger partial charge in [0.25, 0.3) is 0 Å². The van der Waals surface area contributed by atoms with E-state index in [1.807, 2.05) is 12.3 Å². The maximum absolute atomic E-state index is 4.78. The zero-order chi connectivity index (χ0) is 14.1. The molecule has 0 unspecified atom stereocenters. The fourth-order valence-electron chi connectivity index (χ4n) is 2.00. The van der Waals surface area contributed by atoms with Gasteiger partial charge in [0.2, 0.25) is 0 Å². The van der Waals surface area contributed by atoms with Crippen molar-refractivity contribution < 1.29 is 0 Å². The topological polar surface area (TPSA) is 50.7 Å². The van der Waals surface area contributed by atoms with E-state index < -0.39 is 0 Å². The maximum atomic E-state index is 4.78. The summed E-state index contributed by atoms with van der Waals surface area (Å²) in [7, 11) is 0. The van der Waals surface area contributed by atoms with E-state index in [-0.39, 0.29) is 0 Å². The minimum atomic E-state index is 0.617. The highest BCUT2D eigenvalue weighted by Gasteiger charge is 2.29. The second-order valence-electron chi connectivity index (χ2n) is 5.09. The van der Waals surface area contributed by atoms with Gasteiger partial charge in [-0.25, -0.2) is 15.0 Å². The van der Waals surface area contributed by atoms with E-state index in [9.17, 15) is 0 Å². The Bertz CT molecular complexity index is 622. The smallest absolute Gasteiger partial charge is 0.191 e. The number of aromatic nitrogens is 3. The van der Waals surface area contributed by atoms with Crippen molar-refractivity contribution in [3.8, 4) is 10.8 Å². The normalized spacial score (nSPS) is 14.6. The van der Waals surface area contributed by atoms with E-state index in [2.05, 4.69) is 44.8 Å². The zero-order valence-electron chi connectivity index (χ0n) is 11.6. The van der Waals surface area contributed by atoms with Crippen LogP contribution < -0.4 is 5.32 Å². The molecule has 1 saturated carbocycles. The van der Waals surface area contributed by atoms with Crippen molar-refractivity contribution in [3.63, 3.8) is 0 Å². The summed E-state index contributed by atoms with van der Waals surface area (Å²) < 4.78 is 1.18. The summed E-state index contributed by atoms with van der Waals surface area (Å²) in [5, 5.41) is 6.39. The third-order valence-corrected chi connectivity index (χ3v) is 5.21. The van der Waals surface area contributed by atoms with Crippen molar-refractivity contribution in [3.05, 3.63) is 20.3 Å². The van der Waals surface area contributed by atoms with Crippen molar-refractivity contribution in [2.45, 2.75) is 39.0 Å². The molecule has 2 heterocycles. The largest absolute Gasteiger partial charge is 0.369 e. The minimum absolute atomic E-state index is 0.617. The Morgan fingerprint density at radius 2 is 2.15 bits per heavy atom. The van der Waals surface area contributed by atoms with E-state index >= 15 is 0 Å². The molecule has 0 aliphatic heterocycles. The van der Waals surface area contributed by atoms with Gasteiger partial charge < -0.3 is 5.32 Å². The Morgan fingerprint density at radius 1 is 1.35 bits per heavy atom. The summed E-state index contributed by atoms with van der Waals surface area (Å²) in [4.78, 5) is 14.0. The van der Waals surface area contributed by atoms with Crippen molar-refractivity contribution in [2.75, 3.05) is 11.9 Å². The monoisotopic (exact) mass is 400 g/mol. The van der Waals surface area contributed by atoms with Gasteiger partial charge in [0.1, 0.15) is 5.82 Å². The first-order valence-corrected chi connectivity index (χ1v) is 8.88. The lowest BCUT2D eigenvalue weighted by Gasteiger charge is -2.11. The summed E-state index contributed by atoms with van der Waals surface area (Å²) in [5.74, 6) is 2.35. The van der Waals surface area contributed by atoms with Crippen molar-refractivity contribution >= 4 is 39.7 Å². The molecule has 3 rings (SSSR count). The Kier molecular flexibility index (Phi) is 4.21. The first-order chi connectivity index (χ1) is 9.69. The molecule has 0 aromatic carbocycles. The van der Waals surface area contributed by atoms with Crippen LogP contribution in [0.15, 0.2) is 5.38 Å². The molecule has 0 radical (unpaired) electrons. The molecule has 0 atom stereocenters. The summed E-state index contributed by atoms with van der Waals surface area (Å²) in [6.45, 7) is 5.10. The van der Waals surface area contributed by atoms with E-state index in [0.29, 0.717) is 5.92 Å². The highest BCUT2D eigenvalue weighted by molar-refractivity contribution is 14.1. The Hall–Kier alpha value is -0.760. The Balaban J connectivity index is 2.03. The minimum Gasteiger partial charge on any atom is -0.369 e. The van der Waals surface area contributed by atoms with Gasteiger partial charge in [-0.05, 0) is 48.8 Å². The number of anilines is 1. The van der Waals surface area contributed by atoms with Gasteiger partial charge in [0.05, 0.1) is 9.26 Å². The van der Waals surface area contributed by atoms with E-state index in [0.717, 1.165) is 35.3 Å². The van der Waals surface area contributed by atoms with Crippen LogP contribution in [0.4, 0.5) is 5.82 Å². The average molecular weight is 400 g/mol. The van der Waals surface area contributed by atoms with E-state index in [4.69, 9.17) is 4.98 Å². The zero-order valence-corrected chi connectivity index (χ0v) is 14.6. The van der Waals surface area contributed by atoms with Gasteiger partial charge in [0, 0.05) is 23.5 Å². The van der Waals surface area contributed by atoms with Gasteiger partial charge in [-0.1, -0.05) is 6.92 Å². The van der Waals surface area contributed by atoms with Crippen molar-refractivity contribution in [1.29, 1.82) is 0 Å². The summed E-state index contributed by atoms with van der Waals surface area (Å²) in [5.41, 5.74) is 2.23. The molecule has 6 heteroatoms. The SMILES string of the molecule is CCCNc1nc(-c2nc(C)cs2)nc(C2CC2)c1I. The third-order valence-electron chi connectivity index (χ3n) is 3.19. The maximum Gasteiger partial charge on any atom is 0.191 e. The van der Waals surface area contributed by atoms with Gasteiger partial charge in [-0.3, -0.25) is 0 Å². The fourth-order valence-corrected chi connectivity index (χ4v) is 3.61. The van der Waals surface area contributed by atoms with Crippen LogP contribution in [0.2, 0.25) is 0 Å². The molecule has 0 amide bonds. The quantitative estimate of drug-likeness (QED) is 0.764. The predicted octanol–water partition coefficient (Wildman–Crippen LogP) is 4.21. The van der Waals surface area contributed by atoms with Crippen LogP contribution in [0.1, 0.15) is 43.5 Å². The lowest BCUT2D eigenvalue weighted by Crippen LogP contribution is -2.08. The summed E-state index contributed by atoms with van der Waals surface area (Å²) in [6, 6.07) is 0. The molecule has 1 fully saturated rings. The van der Waals surface area contributed by atoms with Crippen LogP contribution in [0.3, 0.4) is 0 Å². The fraction of sp³-hybridized carbons (Fsp3) is 0.500. The van der Waals surface area contributed by atoms with Crippen LogP contribution in [0, 0.1) is 10.5 Å². The number of hydrogen-bond donors (Lipinski definition) is 1. The number of nitrogens with one attached hydrogen (secondary N) is 1. The van der Waals surface area contributed by atoms with Crippen LogP contribution in [0.25, 0.3) is 10.8 Å². The molecule has 0 saturated heterocycles. The second kappa shape index (κ2) is 5.93.